The van der Waals surface area contributed by atoms with Crippen LogP contribution in [0.25, 0.3) is 0 Å². The standard InChI is InChI=1S/C16H13BrN4O2S/c1-22-11-3-2-9(17)6-10(11)12-14(7-18)13(20)21-16(15(12,14)8-19)23-4-5-24-16/h2-3,6,12H,4-5H2,1H3,(H2,20,21)/t12-,14-,15-,16-/m1/s1. The van der Waals surface area contributed by atoms with Gasteiger partial charge in [0.2, 0.25) is 5.06 Å². The van der Waals surface area contributed by atoms with Gasteiger partial charge in [0.05, 0.1) is 25.9 Å². The van der Waals surface area contributed by atoms with E-state index in [1.807, 2.05) is 18.2 Å². The lowest BCUT2D eigenvalue weighted by atomic mass is 9.95. The number of ether oxygens (including phenoxy) is 2. The molecule has 1 spiro atoms. The predicted molar refractivity (Wildman–Crippen MR) is 92.3 cm³/mol. The van der Waals surface area contributed by atoms with Crippen LogP contribution in [-0.4, -0.2) is 30.4 Å². The normalized spacial score (nSPS) is 39.0. The Morgan fingerprint density at radius 3 is 2.83 bits per heavy atom. The molecule has 4 atom stereocenters. The van der Waals surface area contributed by atoms with E-state index in [0.717, 1.165) is 10.0 Å². The fraction of sp³-hybridized carbons (Fsp3) is 0.438. The van der Waals surface area contributed by atoms with Gasteiger partial charge < -0.3 is 15.2 Å². The van der Waals surface area contributed by atoms with E-state index in [2.05, 4.69) is 33.1 Å². The minimum atomic E-state index is -1.19. The molecule has 24 heavy (non-hydrogen) atoms. The highest BCUT2D eigenvalue weighted by Gasteiger charge is 2.93. The van der Waals surface area contributed by atoms with Crippen molar-refractivity contribution in [2.24, 2.45) is 21.6 Å². The molecule has 1 saturated carbocycles. The smallest absolute Gasteiger partial charge is 0.230 e. The van der Waals surface area contributed by atoms with E-state index in [1.54, 1.807) is 7.11 Å². The Bertz CT molecular complexity index is 855. The number of nitriles is 2. The van der Waals surface area contributed by atoms with E-state index in [1.165, 1.54) is 11.8 Å². The van der Waals surface area contributed by atoms with E-state index in [-0.39, 0.29) is 5.84 Å². The first-order chi connectivity index (χ1) is 11.5. The summed E-state index contributed by atoms with van der Waals surface area (Å²) in [6.45, 7) is 0.481. The van der Waals surface area contributed by atoms with Gasteiger partial charge in [0.1, 0.15) is 17.0 Å². The van der Waals surface area contributed by atoms with Crippen molar-refractivity contribution in [1.29, 1.82) is 10.5 Å². The summed E-state index contributed by atoms with van der Waals surface area (Å²) in [4.78, 5) is 4.43. The highest BCUT2D eigenvalue weighted by molar-refractivity contribution is 9.10. The number of benzene rings is 1. The molecule has 8 heteroatoms. The zero-order valence-electron chi connectivity index (χ0n) is 12.7. The van der Waals surface area contributed by atoms with Crippen molar-refractivity contribution < 1.29 is 9.47 Å². The lowest BCUT2D eigenvalue weighted by molar-refractivity contribution is 0.0200. The van der Waals surface area contributed by atoms with Gasteiger partial charge in [0, 0.05) is 21.7 Å². The lowest BCUT2D eigenvalue weighted by Crippen LogP contribution is -2.34. The number of hydrogen-bond acceptors (Lipinski definition) is 7. The van der Waals surface area contributed by atoms with Gasteiger partial charge in [-0.1, -0.05) is 27.7 Å². The van der Waals surface area contributed by atoms with Crippen LogP contribution >= 0.6 is 27.7 Å². The third kappa shape index (κ3) is 1.48. The van der Waals surface area contributed by atoms with Crippen LogP contribution in [0, 0.1) is 33.5 Å². The average Bonchev–Trinajstić information content (AvgIpc) is 2.83. The maximum Gasteiger partial charge on any atom is 0.230 e. The molecule has 4 rings (SSSR count). The van der Waals surface area contributed by atoms with Crippen LogP contribution < -0.4 is 10.5 Å². The van der Waals surface area contributed by atoms with E-state index >= 15 is 0 Å². The molecule has 1 aliphatic carbocycles. The molecular formula is C16H13BrN4O2S. The molecule has 0 amide bonds. The van der Waals surface area contributed by atoms with Crippen molar-refractivity contribution in [1.82, 2.24) is 0 Å². The number of fused-ring (bicyclic) bond motifs is 2. The van der Waals surface area contributed by atoms with Crippen molar-refractivity contribution in [3.05, 3.63) is 28.2 Å². The fourth-order valence-electron chi connectivity index (χ4n) is 4.12. The van der Waals surface area contributed by atoms with E-state index < -0.39 is 21.8 Å². The summed E-state index contributed by atoms with van der Waals surface area (Å²) in [5.41, 5.74) is 4.60. The van der Waals surface area contributed by atoms with Crippen molar-refractivity contribution in [3.63, 3.8) is 0 Å². The molecular weight excluding hydrogens is 392 g/mol. The summed E-state index contributed by atoms with van der Waals surface area (Å²) < 4.78 is 12.2. The van der Waals surface area contributed by atoms with Gasteiger partial charge in [-0.15, -0.1) is 0 Å². The Morgan fingerprint density at radius 1 is 1.46 bits per heavy atom. The molecule has 1 saturated heterocycles. The van der Waals surface area contributed by atoms with Crippen LogP contribution in [-0.2, 0) is 4.74 Å². The van der Waals surface area contributed by atoms with Gasteiger partial charge in [-0.3, -0.25) is 0 Å². The number of nitrogens with two attached hydrogens (primary N) is 1. The quantitative estimate of drug-likeness (QED) is 0.810. The molecule has 3 aliphatic rings. The molecule has 6 nitrogen and oxygen atoms in total. The molecule has 1 aromatic rings. The van der Waals surface area contributed by atoms with Crippen LogP contribution in [0.4, 0.5) is 0 Å². The second-order valence-electron chi connectivity index (χ2n) is 5.93. The molecule has 2 heterocycles. The Hall–Kier alpha value is -1.74. The number of nitrogens with zero attached hydrogens (tertiary/aromatic N) is 3. The predicted octanol–water partition coefficient (Wildman–Crippen LogP) is 2.36. The Morgan fingerprint density at radius 2 is 2.25 bits per heavy atom. The van der Waals surface area contributed by atoms with Crippen LogP contribution in [0.3, 0.4) is 0 Å². The van der Waals surface area contributed by atoms with Crippen LogP contribution in [0.15, 0.2) is 27.7 Å². The maximum absolute atomic E-state index is 10.1. The SMILES string of the molecule is COc1ccc(Br)cc1[C@H]1[C@@]2(C#N)[C@@]3(N=C(N)[C@@]12C#N)OCCS3. The third-order valence-corrected chi connectivity index (χ3v) is 6.90. The highest BCUT2D eigenvalue weighted by atomic mass is 79.9. The lowest BCUT2D eigenvalue weighted by Gasteiger charge is -2.26. The first-order valence-electron chi connectivity index (χ1n) is 7.32. The number of amidine groups is 1. The summed E-state index contributed by atoms with van der Waals surface area (Å²) >= 11 is 4.89. The number of methoxy groups -OCH3 is 1. The first kappa shape index (κ1) is 15.8. The Kier molecular flexibility index (Phi) is 3.21. The van der Waals surface area contributed by atoms with E-state index in [0.29, 0.717) is 18.1 Å². The molecule has 2 aliphatic heterocycles. The van der Waals surface area contributed by atoms with Gasteiger partial charge >= 0.3 is 0 Å². The third-order valence-electron chi connectivity index (χ3n) is 5.11. The summed E-state index contributed by atoms with van der Waals surface area (Å²) in [6, 6.07) is 10.2. The molecule has 2 N–H and O–H groups in total. The highest BCUT2D eigenvalue weighted by Crippen LogP contribution is 2.84. The van der Waals surface area contributed by atoms with Gasteiger partial charge in [-0.2, -0.15) is 10.5 Å². The van der Waals surface area contributed by atoms with Crippen molar-refractivity contribution in [3.8, 4) is 17.9 Å². The Labute approximate surface area is 151 Å². The largest absolute Gasteiger partial charge is 0.496 e. The minimum absolute atomic E-state index is 0.174. The van der Waals surface area contributed by atoms with Gasteiger partial charge in [-0.05, 0) is 18.2 Å². The van der Waals surface area contributed by atoms with E-state index in [9.17, 15) is 10.5 Å². The van der Waals surface area contributed by atoms with Gasteiger partial charge in [0.25, 0.3) is 0 Å². The molecule has 0 bridgehead atoms. The van der Waals surface area contributed by atoms with Crippen molar-refractivity contribution >= 4 is 33.5 Å². The van der Waals surface area contributed by atoms with Crippen LogP contribution in [0.5, 0.6) is 5.75 Å². The summed E-state index contributed by atoms with van der Waals surface area (Å²) in [7, 11) is 1.57. The Balaban J connectivity index is 1.97. The zero-order valence-corrected chi connectivity index (χ0v) is 15.1. The molecule has 2 fully saturated rings. The molecule has 0 aromatic heterocycles. The number of thioether (sulfide) groups is 1. The number of aliphatic imine (C=N–C) groups is 1. The number of hydrogen-bond donors (Lipinski definition) is 1. The van der Waals surface area contributed by atoms with Gasteiger partial charge in [0.15, 0.2) is 5.41 Å². The molecule has 0 radical (unpaired) electrons. The average molecular weight is 405 g/mol. The van der Waals surface area contributed by atoms with Gasteiger partial charge in [-0.25, -0.2) is 4.99 Å². The summed E-state index contributed by atoms with van der Waals surface area (Å²) in [5.74, 6) is 1.06. The zero-order chi connectivity index (χ0) is 17.2. The van der Waals surface area contributed by atoms with Crippen molar-refractivity contribution in [2.45, 2.75) is 11.0 Å². The second kappa shape index (κ2) is 4.89. The summed E-state index contributed by atoms with van der Waals surface area (Å²) in [5, 5.41) is 18.9. The number of halogens is 1. The summed E-state index contributed by atoms with van der Waals surface area (Å²) in [6.07, 6.45) is 0. The molecule has 1 aromatic carbocycles. The van der Waals surface area contributed by atoms with Crippen LogP contribution in [0.2, 0.25) is 0 Å². The van der Waals surface area contributed by atoms with Crippen molar-refractivity contribution in [2.75, 3.05) is 19.5 Å². The molecule has 0 unspecified atom stereocenters. The molecule has 122 valence electrons. The van der Waals surface area contributed by atoms with Crippen LogP contribution in [0.1, 0.15) is 11.5 Å². The monoisotopic (exact) mass is 404 g/mol. The second-order valence-corrected chi connectivity index (χ2v) is 8.10. The maximum atomic E-state index is 10.1. The topological polar surface area (TPSA) is 104 Å². The fourth-order valence-corrected chi connectivity index (χ4v) is 5.82. The first-order valence-corrected chi connectivity index (χ1v) is 9.10. The minimum Gasteiger partial charge on any atom is -0.496 e. The van der Waals surface area contributed by atoms with E-state index in [4.69, 9.17) is 15.2 Å². The number of rotatable bonds is 2.